The van der Waals surface area contributed by atoms with Crippen LogP contribution in [-0.4, -0.2) is 40.4 Å². The minimum Gasteiger partial charge on any atom is -0.396 e. The second-order valence-corrected chi connectivity index (χ2v) is 6.19. The lowest BCUT2D eigenvalue weighted by atomic mass is 10.00. The minimum atomic E-state index is -0.701. The summed E-state index contributed by atoms with van der Waals surface area (Å²) in [6, 6.07) is 4.47. The molecule has 0 aromatic heterocycles. The van der Waals surface area contributed by atoms with Gasteiger partial charge in [0.25, 0.3) is 5.91 Å². The van der Waals surface area contributed by atoms with Gasteiger partial charge in [-0.15, -0.1) is 0 Å². The quantitative estimate of drug-likeness (QED) is 0.466. The van der Waals surface area contributed by atoms with Crippen LogP contribution in [0.25, 0.3) is 0 Å². The number of benzene rings is 1. The monoisotopic (exact) mass is 351 g/mol. The summed E-state index contributed by atoms with van der Waals surface area (Å²) in [4.78, 5) is 37.7. The van der Waals surface area contributed by atoms with E-state index in [0.717, 1.165) is 0 Å². The molecular formula is C19H17N3O4. The molecule has 3 rings (SSSR count). The summed E-state index contributed by atoms with van der Waals surface area (Å²) in [5, 5.41) is 20.3. The average molecular weight is 351 g/mol. The number of fused-ring (bicyclic) bond motifs is 1. The molecule has 0 spiro atoms. The van der Waals surface area contributed by atoms with Crippen molar-refractivity contribution in [3.63, 3.8) is 0 Å². The Morgan fingerprint density at radius 3 is 2.81 bits per heavy atom. The lowest BCUT2D eigenvalue weighted by Crippen LogP contribution is -2.52. The maximum absolute atomic E-state index is 12.8. The number of piperidine rings is 1. The Morgan fingerprint density at radius 1 is 1.31 bits per heavy atom. The number of carbonyl (C=O) groups is 3. The van der Waals surface area contributed by atoms with Gasteiger partial charge in [-0.1, -0.05) is 11.8 Å². The number of hydrogen-bond acceptors (Lipinski definition) is 5. The summed E-state index contributed by atoms with van der Waals surface area (Å²) in [5.41, 5.74) is 1.98. The summed E-state index contributed by atoms with van der Waals surface area (Å²) in [6.45, 7) is 0.267. The van der Waals surface area contributed by atoms with Crippen LogP contribution in [0.4, 0.5) is 0 Å². The number of amides is 3. The largest absolute Gasteiger partial charge is 0.396 e. The topological polar surface area (TPSA) is 110 Å². The standard InChI is InChI=1S/C19H17N3O4/c20-10-12-8-13(4-2-1-3-7-23)15-11-22(19(26)14(15)9-12)16-5-6-17(24)21-18(16)25/h8-9,16,23H,1,3,5-7,11H2,(H,21,24,25). The number of aliphatic hydroxyl groups is 1. The Bertz CT molecular complexity index is 889. The van der Waals surface area contributed by atoms with Gasteiger partial charge >= 0.3 is 0 Å². The predicted octanol–water partition coefficient (Wildman–Crippen LogP) is 0.443. The summed E-state index contributed by atoms with van der Waals surface area (Å²) < 4.78 is 0. The summed E-state index contributed by atoms with van der Waals surface area (Å²) >= 11 is 0. The molecule has 0 saturated carbocycles. The van der Waals surface area contributed by atoms with Gasteiger partial charge in [0.2, 0.25) is 11.8 Å². The molecule has 132 valence electrons. The van der Waals surface area contributed by atoms with Crippen molar-refractivity contribution in [3.05, 3.63) is 34.4 Å². The number of nitriles is 1. The molecule has 2 heterocycles. The highest BCUT2D eigenvalue weighted by Crippen LogP contribution is 2.30. The number of aliphatic hydroxyl groups excluding tert-OH is 1. The Morgan fingerprint density at radius 2 is 2.12 bits per heavy atom. The first kappa shape index (κ1) is 17.7. The first-order chi connectivity index (χ1) is 12.5. The Kier molecular flexibility index (Phi) is 5.01. The number of carbonyl (C=O) groups excluding carboxylic acids is 3. The van der Waals surface area contributed by atoms with Gasteiger partial charge in [-0.3, -0.25) is 19.7 Å². The third kappa shape index (κ3) is 3.30. The van der Waals surface area contributed by atoms with Gasteiger partial charge in [0.15, 0.2) is 0 Å². The zero-order valence-corrected chi connectivity index (χ0v) is 14.0. The number of nitrogens with one attached hydrogen (secondary N) is 1. The van der Waals surface area contributed by atoms with E-state index < -0.39 is 11.9 Å². The fraction of sp³-hybridized carbons (Fsp3) is 0.368. The molecule has 2 N–H and O–H groups in total. The van der Waals surface area contributed by atoms with Gasteiger partial charge in [-0.25, -0.2) is 0 Å². The van der Waals surface area contributed by atoms with Crippen LogP contribution in [0.3, 0.4) is 0 Å². The molecule has 1 unspecified atom stereocenters. The second kappa shape index (κ2) is 7.38. The van der Waals surface area contributed by atoms with Gasteiger partial charge in [0.05, 0.1) is 11.6 Å². The van der Waals surface area contributed by atoms with Crippen molar-refractivity contribution in [1.29, 1.82) is 5.26 Å². The smallest absolute Gasteiger partial charge is 0.255 e. The molecule has 7 nitrogen and oxygen atoms in total. The Balaban J connectivity index is 1.93. The van der Waals surface area contributed by atoms with Crippen molar-refractivity contribution >= 4 is 17.7 Å². The highest BCUT2D eigenvalue weighted by atomic mass is 16.3. The third-order valence-electron chi connectivity index (χ3n) is 4.47. The van der Waals surface area contributed by atoms with E-state index in [0.29, 0.717) is 35.1 Å². The molecule has 0 bridgehead atoms. The molecule has 1 aromatic rings. The molecule has 0 aliphatic carbocycles. The lowest BCUT2D eigenvalue weighted by Gasteiger charge is -2.29. The van der Waals surface area contributed by atoms with E-state index in [-0.39, 0.29) is 37.8 Å². The van der Waals surface area contributed by atoms with Crippen molar-refractivity contribution in [2.24, 2.45) is 0 Å². The normalized spacial score (nSPS) is 18.7. The van der Waals surface area contributed by atoms with Gasteiger partial charge < -0.3 is 10.0 Å². The minimum absolute atomic E-state index is 0.0484. The zero-order chi connectivity index (χ0) is 18.7. The molecular weight excluding hydrogens is 334 g/mol. The van der Waals surface area contributed by atoms with Gasteiger partial charge in [0, 0.05) is 37.1 Å². The van der Waals surface area contributed by atoms with E-state index in [4.69, 9.17) is 5.11 Å². The first-order valence-corrected chi connectivity index (χ1v) is 8.36. The van der Waals surface area contributed by atoms with Crippen LogP contribution in [0.2, 0.25) is 0 Å². The molecule has 26 heavy (non-hydrogen) atoms. The van der Waals surface area contributed by atoms with E-state index in [1.54, 1.807) is 6.07 Å². The highest BCUT2D eigenvalue weighted by Gasteiger charge is 2.40. The second-order valence-electron chi connectivity index (χ2n) is 6.19. The van der Waals surface area contributed by atoms with Crippen LogP contribution < -0.4 is 5.32 Å². The number of imide groups is 1. The highest BCUT2D eigenvalue weighted by molar-refractivity contribution is 6.05. The molecule has 2 aliphatic heterocycles. The van der Waals surface area contributed by atoms with E-state index in [2.05, 4.69) is 17.2 Å². The number of rotatable bonds is 3. The molecule has 1 fully saturated rings. The van der Waals surface area contributed by atoms with Gasteiger partial charge in [-0.2, -0.15) is 5.26 Å². The SMILES string of the molecule is N#Cc1cc(C#CCCCO)c2c(c1)C(=O)N(C1CCC(=O)NC1=O)C2. The van der Waals surface area contributed by atoms with E-state index in [1.807, 2.05) is 6.07 Å². The molecule has 0 radical (unpaired) electrons. The molecule has 1 saturated heterocycles. The lowest BCUT2D eigenvalue weighted by molar-refractivity contribution is -0.136. The van der Waals surface area contributed by atoms with Crippen molar-refractivity contribution in [2.45, 2.75) is 38.3 Å². The van der Waals surface area contributed by atoms with Gasteiger partial charge in [-0.05, 0) is 30.5 Å². The van der Waals surface area contributed by atoms with Crippen molar-refractivity contribution in [3.8, 4) is 17.9 Å². The van der Waals surface area contributed by atoms with Crippen LogP contribution in [-0.2, 0) is 16.1 Å². The molecule has 3 amide bonds. The van der Waals surface area contributed by atoms with Gasteiger partial charge in [0.1, 0.15) is 6.04 Å². The first-order valence-electron chi connectivity index (χ1n) is 8.36. The van der Waals surface area contributed by atoms with Crippen molar-refractivity contribution in [1.82, 2.24) is 10.2 Å². The molecule has 1 atom stereocenters. The maximum atomic E-state index is 12.8. The zero-order valence-electron chi connectivity index (χ0n) is 14.0. The Hall–Kier alpha value is -3.16. The average Bonchev–Trinajstić information content (AvgIpc) is 2.95. The molecule has 7 heteroatoms. The van der Waals surface area contributed by atoms with Crippen LogP contribution in [0, 0.1) is 23.2 Å². The number of unbranched alkanes of at least 4 members (excludes halogenated alkanes) is 1. The van der Waals surface area contributed by atoms with Crippen LogP contribution >= 0.6 is 0 Å². The fourth-order valence-corrected chi connectivity index (χ4v) is 3.16. The third-order valence-corrected chi connectivity index (χ3v) is 4.47. The summed E-state index contributed by atoms with van der Waals surface area (Å²) in [5.74, 6) is 4.77. The maximum Gasteiger partial charge on any atom is 0.255 e. The molecule has 1 aromatic carbocycles. The number of hydrogen-bond donors (Lipinski definition) is 2. The van der Waals surface area contributed by atoms with Crippen molar-refractivity contribution in [2.75, 3.05) is 6.61 Å². The summed E-state index contributed by atoms with van der Waals surface area (Å²) in [6.07, 6.45) is 1.53. The van der Waals surface area contributed by atoms with Crippen molar-refractivity contribution < 1.29 is 19.5 Å². The number of nitrogens with zero attached hydrogens (tertiary/aromatic N) is 2. The predicted molar refractivity (Wildman–Crippen MR) is 90.4 cm³/mol. The summed E-state index contributed by atoms with van der Waals surface area (Å²) in [7, 11) is 0. The van der Waals surface area contributed by atoms with E-state index >= 15 is 0 Å². The Labute approximate surface area is 150 Å². The molecule has 2 aliphatic rings. The van der Waals surface area contributed by atoms with Crippen LogP contribution in [0.1, 0.15) is 52.7 Å². The van der Waals surface area contributed by atoms with E-state index in [9.17, 15) is 19.6 Å². The van der Waals surface area contributed by atoms with E-state index in [1.165, 1.54) is 11.0 Å². The van der Waals surface area contributed by atoms with Crippen LogP contribution in [0.15, 0.2) is 12.1 Å². The van der Waals surface area contributed by atoms with Crippen LogP contribution in [0.5, 0.6) is 0 Å². The fourth-order valence-electron chi connectivity index (χ4n) is 3.16.